The lowest BCUT2D eigenvalue weighted by Crippen LogP contribution is -2.01. The lowest BCUT2D eigenvalue weighted by Gasteiger charge is -2.02. The third-order valence-corrected chi connectivity index (χ3v) is 2.08. The molecule has 0 radical (unpaired) electrons. The average molecular weight is 217 g/mol. The number of nitro groups is 1. The summed E-state index contributed by atoms with van der Waals surface area (Å²) in [5.74, 6) is 0. The van der Waals surface area contributed by atoms with Gasteiger partial charge in [0, 0.05) is 24.0 Å². The molecule has 6 nitrogen and oxygen atoms in total. The molecule has 0 bridgehead atoms. The first-order chi connectivity index (χ1) is 7.72. The molecule has 1 aromatic heterocycles. The normalized spacial score (nSPS) is 10.0. The highest BCUT2D eigenvalue weighted by atomic mass is 16.6. The Bertz CT molecular complexity index is 534. The molecule has 0 fully saturated rings. The molecule has 1 heterocycles. The molecule has 1 aromatic carbocycles. The molecule has 80 valence electrons. The van der Waals surface area contributed by atoms with Crippen molar-refractivity contribution >= 4 is 12.0 Å². The Hall–Kier alpha value is -2.50. The molecule has 16 heavy (non-hydrogen) atoms. The van der Waals surface area contributed by atoms with Crippen LogP contribution in [0.3, 0.4) is 0 Å². The molecule has 0 aliphatic rings. The quantitative estimate of drug-likeness (QED) is 0.444. The summed E-state index contributed by atoms with van der Waals surface area (Å²) >= 11 is 0. The van der Waals surface area contributed by atoms with Crippen LogP contribution in [0.1, 0.15) is 10.4 Å². The van der Waals surface area contributed by atoms with Gasteiger partial charge in [0.25, 0.3) is 5.69 Å². The maximum atomic E-state index is 10.8. The third-order valence-electron chi connectivity index (χ3n) is 2.08. The van der Waals surface area contributed by atoms with Crippen LogP contribution in [0.5, 0.6) is 0 Å². The van der Waals surface area contributed by atoms with E-state index in [4.69, 9.17) is 0 Å². The summed E-state index contributed by atoms with van der Waals surface area (Å²) in [7, 11) is 0. The first kappa shape index (κ1) is 10.0. The number of aldehydes is 1. The minimum absolute atomic E-state index is 0.145. The fourth-order valence-corrected chi connectivity index (χ4v) is 1.37. The molecule has 0 unspecified atom stereocenters. The average Bonchev–Trinajstić information content (AvgIpc) is 2.81. The number of aromatic nitrogens is 2. The first-order valence-corrected chi connectivity index (χ1v) is 4.46. The number of carbonyl (C=O) groups excluding carboxylic acids is 1. The number of hydrogen-bond donors (Lipinski definition) is 0. The summed E-state index contributed by atoms with van der Waals surface area (Å²) in [5, 5.41) is 14.7. The number of benzene rings is 1. The number of nitrogens with zero attached hydrogens (tertiary/aromatic N) is 3. The monoisotopic (exact) mass is 217 g/mol. The van der Waals surface area contributed by atoms with Crippen LogP contribution in [0.2, 0.25) is 0 Å². The smallest absolute Gasteiger partial charge is 0.295 e. The number of rotatable bonds is 3. The van der Waals surface area contributed by atoms with Gasteiger partial charge in [0.05, 0.1) is 4.92 Å². The molecule has 0 atom stereocenters. The highest BCUT2D eigenvalue weighted by Gasteiger charge is 2.16. The summed E-state index contributed by atoms with van der Waals surface area (Å²) in [5.41, 5.74) is 0.455. The topological polar surface area (TPSA) is 78.0 Å². The summed E-state index contributed by atoms with van der Waals surface area (Å²) < 4.78 is 1.38. The van der Waals surface area contributed by atoms with E-state index in [9.17, 15) is 14.9 Å². The van der Waals surface area contributed by atoms with Crippen molar-refractivity contribution in [2.75, 3.05) is 0 Å². The van der Waals surface area contributed by atoms with Gasteiger partial charge >= 0.3 is 0 Å². The summed E-state index contributed by atoms with van der Waals surface area (Å²) in [6.45, 7) is 0. The fraction of sp³-hybridized carbons (Fsp3) is 0. The van der Waals surface area contributed by atoms with Crippen molar-refractivity contribution in [3.8, 4) is 5.69 Å². The van der Waals surface area contributed by atoms with E-state index in [1.165, 1.54) is 29.1 Å². The second kappa shape index (κ2) is 3.93. The van der Waals surface area contributed by atoms with Crippen LogP contribution in [0.4, 0.5) is 5.69 Å². The van der Waals surface area contributed by atoms with Gasteiger partial charge in [0.1, 0.15) is 12.0 Å². The second-order valence-corrected chi connectivity index (χ2v) is 3.07. The lowest BCUT2D eigenvalue weighted by atomic mass is 10.2. The Kier molecular flexibility index (Phi) is 2.47. The summed E-state index contributed by atoms with van der Waals surface area (Å²) in [6.07, 6.45) is 3.69. The maximum absolute atomic E-state index is 10.8. The van der Waals surface area contributed by atoms with Crippen molar-refractivity contribution < 1.29 is 9.72 Å². The van der Waals surface area contributed by atoms with Crippen LogP contribution < -0.4 is 0 Å². The van der Waals surface area contributed by atoms with E-state index in [-0.39, 0.29) is 11.3 Å². The van der Waals surface area contributed by atoms with E-state index < -0.39 is 4.92 Å². The zero-order chi connectivity index (χ0) is 11.5. The highest BCUT2D eigenvalue weighted by molar-refractivity contribution is 5.77. The summed E-state index contributed by atoms with van der Waals surface area (Å²) in [6, 6.07) is 5.90. The maximum Gasteiger partial charge on any atom is 0.295 e. The minimum atomic E-state index is -0.538. The Morgan fingerprint density at radius 1 is 1.44 bits per heavy atom. The Balaban J connectivity index is 2.61. The van der Waals surface area contributed by atoms with Gasteiger partial charge in [-0.05, 0) is 18.2 Å². The molecular weight excluding hydrogens is 210 g/mol. The van der Waals surface area contributed by atoms with E-state index in [1.807, 2.05) is 0 Å². The van der Waals surface area contributed by atoms with E-state index in [1.54, 1.807) is 12.3 Å². The predicted octanol–water partition coefficient (Wildman–Crippen LogP) is 1.59. The van der Waals surface area contributed by atoms with E-state index in [2.05, 4.69) is 5.10 Å². The molecule has 0 saturated heterocycles. The molecule has 0 amide bonds. The van der Waals surface area contributed by atoms with E-state index in [0.29, 0.717) is 12.0 Å². The van der Waals surface area contributed by atoms with Crippen LogP contribution in [0, 0.1) is 10.1 Å². The van der Waals surface area contributed by atoms with Crippen molar-refractivity contribution in [2.24, 2.45) is 0 Å². The van der Waals surface area contributed by atoms with Gasteiger partial charge in [-0.25, -0.2) is 4.68 Å². The molecular formula is C10H7N3O3. The van der Waals surface area contributed by atoms with Gasteiger partial charge in [-0.1, -0.05) is 0 Å². The van der Waals surface area contributed by atoms with Crippen LogP contribution >= 0.6 is 0 Å². The predicted molar refractivity (Wildman–Crippen MR) is 55.6 cm³/mol. The number of nitro benzene ring substituents is 1. The molecule has 6 heteroatoms. The van der Waals surface area contributed by atoms with Gasteiger partial charge in [0.15, 0.2) is 0 Å². The molecule has 0 aliphatic carbocycles. The van der Waals surface area contributed by atoms with Crippen molar-refractivity contribution in [3.05, 3.63) is 52.3 Å². The zero-order valence-corrected chi connectivity index (χ0v) is 8.11. The molecule has 0 N–H and O–H groups in total. The number of carbonyl (C=O) groups is 1. The van der Waals surface area contributed by atoms with Gasteiger partial charge < -0.3 is 0 Å². The van der Waals surface area contributed by atoms with Crippen molar-refractivity contribution in [2.45, 2.75) is 0 Å². The standard InChI is InChI=1S/C10H7N3O3/c14-7-8-2-3-9(10(6-8)13(15)16)12-5-1-4-11-12/h1-7H. The highest BCUT2D eigenvalue weighted by Crippen LogP contribution is 2.22. The second-order valence-electron chi connectivity index (χ2n) is 3.07. The molecule has 2 rings (SSSR count). The Morgan fingerprint density at radius 2 is 2.25 bits per heavy atom. The van der Waals surface area contributed by atoms with Crippen LogP contribution in [-0.4, -0.2) is 21.0 Å². The minimum Gasteiger partial charge on any atom is -0.298 e. The van der Waals surface area contributed by atoms with Gasteiger partial charge in [-0.2, -0.15) is 5.10 Å². The fourth-order valence-electron chi connectivity index (χ4n) is 1.37. The largest absolute Gasteiger partial charge is 0.298 e. The SMILES string of the molecule is O=Cc1ccc(-n2cccn2)c([N+](=O)[O-])c1. The van der Waals surface area contributed by atoms with Crippen LogP contribution in [0.25, 0.3) is 5.69 Å². The lowest BCUT2D eigenvalue weighted by molar-refractivity contribution is -0.384. The summed E-state index contributed by atoms with van der Waals surface area (Å²) in [4.78, 5) is 20.8. The van der Waals surface area contributed by atoms with E-state index in [0.717, 1.165) is 0 Å². The molecule has 2 aromatic rings. The number of hydrogen-bond acceptors (Lipinski definition) is 4. The molecule has 0 aliphatic heterocycles. The van der Waals surface area contributed by atoms with E-state index >= 15 is 0 Å². The van der Waals surface area contributed by atoms with Crippen molar-refractivity contribution in [1.82, 2.24) is 9.78 Å². The first-order valence-electron chi connectivity index (χ1n) is 4.46. The van der Waals surface area contributed by atoms with Crippen molar-refractivity contribution in [1.29, 1.82) is 0 Å². The van der Waals surface area contributed by atoms with Crippen molar-refractivity contribution in [3.63, 3.8) is 0 Å². The Morgan fingerprint density at radius 3 is 2.81 bits per heavy atom. The van der Waals surface area contributed by atoms with Gasteiger partial charge in [-0.3, -0.25) is 14.9 Å². The molecule has 0 saturated carbocycles. The zero-order valence-electron chi connectivity index (χ0n) is 8.11. The Labute approximate surface area is 90.3 Å². The van der Waals surface area contributed by atoms with Crippen LogP contribution in [0.15, 0.2) is 36.7 Å². The third kappa shape index (κ3) is 1.68. The van der Waals surface area contributed by atoms with Gasteiger partial charge in [-0.15, -0.1) is 0 Å². The molecule has 0 spiro atoms. The van der Waals surface area contributed by atoms with Crippen LogP contribution in [-0.2, 0) is 0 Å². The van der Waals surface area contributed by atoms with Gasteiger partial charge in [0.2, 0.25) is 0 Å².